The molecule has 3 heterocycles. The van der Waals surface area contributed by atoms with Crippen LogP contribution in [0, 0.1) is 11.6 Å². The van der Waals surface area contributed by atoms with Crippen LogP contribution in [0.25, 0.3) is 17.0 Å². The highest BCUT2D eigenvalue weighted by Gasteiger charge is 2.38. The van der Waals surface area contributed by atoms with Crippen molar-refractivity contribution in [1.29, 1.82) is 0 Å². The Morgan fingerprint density at radius 2 is 1.91 bits per heavy atom. The van der Waals surface area contributed by atoms with Gasteiger partial charge < -0.3 is 8.92 Å². The average Bonchev–Trinajstić information content (AvgIpc) is 3.34. The first-order chi connectivity index (χ1) is 14.9. The van der Waals surface area contributed by atoms with Crippen LogP contribution in [0.2, 0.25) is 0 Å². The largest absolute Gasteiger partial charge is 0.471 e. The molecule has 4 rings (SSSR count). The Labute approximate surface area is 175 Å². The van der Waals surface area contributed by atoms with Gasteiger partial charge in [-0.05, 0) is 24.3 Å². The maximum Gasteiger partial charge on any atom is 0.471 e. The number of benzene rings is 1. The molecule has 166 valence electrons. The number of pyridine rings is 1. The molecule has 0 spiro atoms. The Balaban J connectivity index is 1.68. The maximum atomic E-state index is 13.9. The summed E-state index contributed by atoms with van der Waals surface area (Å²) in [6, 6.07) is 5.00. The normalized spacial score (nSPS) is 13.8. The number of carbonyl (C=O) groups is 1. The average molecular weight is 471 g/mol. The van der Waals surface area contributed by atoms with Crippen molar-refractivity contribution in [3.63, 3.8) is 0 Å². The van der Waals surface area contributed by atoms with Gasteiger partial charge in [-0.1, -0.05) is 5.16 Å². The molecule has 1 amide bonds. The van der Waals surface area contributed by atoms with E-state index in [1.54, 1.807) is 0 Å². The van der Waals surface area contributed by atoms with E-state index in [0.29, 0.717) is 6.07 Å². The third-order valence-corrected chi connectivity index (χ3v) is 5.83. The molecule has 1 atom stereocenters. The molecule has 14 heteroatoms. The number of imidazole rings is 1. The third kappa shape index (κ3) is 4.08. The third-order valence-electron chi connectivity index (χ3n) is 4.17. The van der Waals surface area contributed by atoms with E-state index >= 15 is 0 Å². The minimum atomic E-state index is -4.80. The molecule has 0 fully saturated rings. The zero-order valence-corrected chi connectivity index (χ0v) is 16.6. The molecule has 0 N–H and O–H groups in total. The van der Waals surface area contributed by atoms with Crippen LogP contribution < -0.4 is 0 Å². The first kappa shape index (κ1) is 21.5. The number of carbonyl (C=O) groups excluding carboxylic acids is 1. The lowest BCUT2D eigenvalue weighted by Crippen LogP contribution is -2.06. The fourth-order valence-electron chi connectivity index (χ4n) is 2.72. The zero-order chi connectivity index (χ0) is 23.3. The number of halogens is 5. The Kier molecular flexibility index (Phi) is 5.03. The van der Waals surface area contributed by atoms with Crippen LogP contribution in [0.1, 0.15) is 16.4 Å². The van der Waals surface area contributed by atoms with Crippen LogP contribution in [0.4, 0.5) is 22.0 Å². The molecule has 0 radical (unpaired) electrons. The van der Waals surface area contributed by atoms with Gasteiger partial charge in [-0.15, -0.1) is 0 Å². The fourth-order valence-corrected chi connectivity index (χ4v) is 3.97. The standard InChI is InChI=1S/C18H10F5N5O3S/c1-32(30,13-3-2-10(19)7-11(13)20)27-16(29)12-8-28-5-4-9(6-14(28)24-12)15-25-17(31-26-15)18(21,22)23/h2-8H,1H3. The molecule has 4 aromatic rings. The maximum absolute atomic E-state index is 13.9. The number of fused-ring (bicyclic) bond motifs is 1. The molecule has 3 aromatic heterocycles. The first-order valence-corrected chi connectivity index (χ1v) is 10.5. The van der Waals surface area contributed by atoms with Gasteiger partial charge in [-0.2, -0.15) is 22.5 Å². The van der Waals surface area contributed by atoms with Gasteiger partial charge in [0.05, 0.1) is 14.6 Å². The van der Waals surface area contributed by atoms with E-state index < -0.39 is 44.2 Å². The van der Waals surface area contributed by atoms with Crippen molar-refractivity contribution in [2.45, 2.75) is 11.1 Å². The molecular weight excluding hydrogens is 461 g/mol. The van der Waals surface area contributed by atoms with Crippen LogP contribution >= 0.6 is 0 Å². The highest BCUT2D eigenvalue weighted by molar-refractivity contribution is 7.93. The van der Waals surface area contributed by atoms with E-state index in [1.165, 1.54) is 28.9 Å². The number of nitrogens with zero attached hydrogens (tertiary/aromatic N) is 5. The van der Waals surface area contributed by atoms with Gasteiger partial charge in [0.2, 0.25) is 5.82 Å². The summed E-state index contributed by atoms with van der Waals surface area (Å²) in [5.41, 5.74) is -0.00994. The SMILES string of the molecule is CS(=O)(=NC(=O)c1cn2ccc(-c3noc(C(F)(F)F)n3)cc2n1)c1ccc(F)cc1F. The van der Waals surface area contributed by atoms with Gasteiger partial charge in [-0.25, -0.2) is 18.0 Å². The van der Waals surface area contributed by atoms with Crippen molar-refractivity contribution >= 4 is 21.3 Å². The summed E-state index contributed by atoms with van der Waals surface area (Å²) in [5.74, 6) is -4.90. The van der Waals surface area contributed by atoms with Crippen LogP contribution in [0.15, 0.2) is 56.5 Å². The zero-order valence-electron chi connectivity index (χ0n) is 15.8. The molecule has 0 bridgehead atoms. The van der Waals surface area contributed by atoms with Gasteiger partial charge in [0.1, 0.15) is 23.0 Å². The quantitative estimate of drug-likeness (QED) is 0.419. The van der Waals surface area contributed by atoms with Crippen molar-refractivity contribution < 1.29 is 35.5 Å². The smallest absolute Gasteiger partial charge is 0.329 e. The van der Waals surface area contributed by atoms with Crippen molar-refractivity contribution in [3.8, 4) is 11.4 Å². The van der Waals surface area contributed by atoms with Crippen LogP contribution in [0.5, 0.6) is 0 Å². The van der Waals surface area contributed by atoms with E-state index in [1.807, 2.05) is 0 Å². The van der Waals surface area contributed by atoms with Gasteiger partial charge in [-0.3, -0.25) is 4.79 Å². The van der Waals surface area contributed by atoms with E-state index in [4.69, 9.17) is 0 Å². The molecule has 32 heavy (non-hydrogen) atoms. The summed E-state index contributed by atoms with van der Waals surface area (Å²) in [7, 11) is -3.56. The highest BCUT2D eigenvalue weighted by Crippen LogP contribution is 2.29. The second-order valence-electron chi connectivity index (χ2n) is 6.50. The van der Waals surface area contributed by atoms with Crippen molar-refractivity contribution in [2.24, 2.45) is 4.36 Å². The number of rotatable bonds is 3. The summed E-state index contributed by atoms with van der Waals surface area (Å²) in [6.45, 7) is 0. The molecule has 0 saturated heterocycles. The molecule has 0 aliphatic heterocycles. The Bertz CT molecular complexity index is 1480. The van der Waals surface area contributed by atoms with Crippen molar-refractivity contribution in [3.05, 3.63) is 65.9 Å². The molecule has 8 nitrogen and oxygen atoms in total. The van der Waals surface area contributed by atoms with Crippen molar-refractivity contribution in [2.75, 3.05) is 6.26 Å². The summed E-state index contributed by atoms with van der Waals surface area (Å²) < 4.78 is 86.8. The minimum absolute atomic E-state index is 0.120. The molecule has 0 aliphatic rings. The lowest BCUT2D eigenvalue weighted by molar-refractivity contribution is -0.159. The first-order valence-electron chi connectivity index (χ1n) is 8.56. The second-order valence-corrected chi connectivity index (χ2v) is 8.73. The van der Waals surface area contributed by atoms with Crippen LogP contribution in [0.3, 0.4) is 0 Å². The summed E-state index contributed by atoms with van der Waals surface area (Å²) in [5, 5.41) is 3.27. The molecule has 1 aromatic carbocycles. The summed E-state index contributed by atoms with van der Waals surface area (Å²) in [4.78, 5) is 19.3. The molecule has 0 saturated carbocycles. The number of amides is 1. The Morgan fingerprint density at radius 3 is 2.56 bits per heavy atom. The van der Waals surface area contributed by atoms with Gasteiger partial charge in [0, 0.05) is 30.3 Å². The lowest BCUT2D eigenvalue weighted by atomic mass is 10.2. The predicted octanol–water partition coefficient (Wildman–Crippen LogP) is 3.98. The predicted molar refractivity (Wildman–Crippen MR) is 98.9 cm³/mol. The van der Waals surface area contributed by atoms with Gasteiger partial charge in [0.25, 0.3) is 0 Å². The van der Waals surface area contributed by atoms with E-state index in [2.05, 4.69) is 24.0 Å². The molecule has 0 aliphatic carbocycles. The fraction of sp³-hybridized carbons (Fsp3) is 0.111. The van der Waals surface area contributed by atoms with E-state index in [0.717, 1.165) is 18.4 Å². The number of hydrogen-bond acceptors (Lipinski definition) is 6. The molecular formula is C18H10F5N5O3S. The summed E-state index contributed by atoms with van der Waals surface area (Å²) in [6.07, 6.45) is -1.18. The highest BCUT2D eigenvalue weighted by atomic mass is 32.2. The molecule has 1 unspecified atom stereocenters. The van der Waals surface area contributed by atoms with Crippen molar-refractivity contribution in [1.82, 2.24) is 19.5 Å². The number of aromatic nitrogens is 4. The Morgan fingerprint density at radius 1 is 1.16 bits per heavy atom. The number of alkyl halides is 3. The van der Waals surface area contributed by atoms with E-state index in [9.17, 15) is 31.0 Å². The van der Waals surface area contributed by atoms with Gasteiger partial charge in [0.15, 0.2) is 0 Å². The lowest BCUT2D eigenvalue weighted by Gasteiger charge is -2.04. The minimum Gasteiger partial charge on any atom is -0.329 e. The topological polar surface area (TPSA) is 103 Å². The summed E-state index contributed by atoms with van der Waals surface area (Å²) >= 11 is 0. The number of hydrogen-bond donors (Lipinski definition) is 0. The second kappa shape index (κ2) is 7.47. The van der Waals surface area contributed by atoms with Gasteiger partial charge >= 0.3 is 18.0 Å². The monoisotopic (exact) mass is 471 g/mol. The van der Waals surface area contributed by atoms with E-state index in [-0.39, 0.29) is 22.7 Å². The van der Waals surface area contributed by atoms with Crippen LogP contribution in [-0.2, 0) is 15.9 Å². The van der Waals surface area contributed by atoms with Crippen LogP contribution in [-0.4, -0.2) is 35.9 Å². The Hall–Kier alpha value is -3.68.